The summed E-state index contributed by atoms with van der Waals surface area (Å²) in [6.07, 6.45) is 0. The molecule has 0 bridgehead atoms. The van der Waals surface area contributed by atoms with E-state index >= 15 is 0 Å². The highest BCUT2D eigenvalue weighted by Crippen LogP contribution is 2.12. The molecule has 3 rings (SSSR count). The molecule has 29 heavy (non-hydrogen) atoms. The van der Waals surface area contributed by atoms with E-state index in [1.54, 1.807) is 29.2 Å². The summed E-state index contributed by atoms with van der Waals surface area (Å²) in [5, 5.41) is 2.73. The number of carbonyl (C=O) groups excluding carboxylic acids is 3. The van der Waals surface area contributed by atoms with Gasteiger partial charge in [-0.1, -0.05) is 0 Å². The molecule has 1 heterocycles. The van der Waals surface area contributed by atoms with Crippen molar-refractivity contribution < 1.29 is 23.5 Å². The van der Waals surface area contributed by atoms with Gasteiger partial charge < -0.3 is 15.0 Å². The quantitative estimate of drug-likeness (QED) is 0.779. The van der Waals surface area contributed by atoms with Gasteiger partial charge in [0.15, 0.2) is 0 Å². The largest absolute Gasteiger partial charge is 0.465 e. The molecular formula is C21H22FN3O4. The Morgan fingerprint density at radius 2 is 1.52 bits per heavy atom. The van der Waals surface area contributed by atoms with Crippen molar-refractivity contribution in [3.63, 3.8) is 0 Å². The second-order valence-electron chi connectivity index (χ2n) is 6.69. The first-order valence-electron chi connectivity index (χ1n) is 9.21. The van der Waals surface area contributed by atoms with E-state index in [-0.39, 0.29) is 24.2 Å². The summed E-state index contributed by atoms with van der Waals surface area (Å²) in [6.45, 7) is 2.35. The van der Waals surface area contributed by atoms with Crippen LogP contribution in [0.4, 0.5) is 10.1 Å². The average Bonchev–Trinajstić information content (AvgIpc) is 2.75. The highest BCUT2D eigenvalue weighted by Gasteiger charge is 2.23. The number of benzene rings is 2. The number of nitrogens with one attached hydrogen (secondary N) is 1. The lowest BCUT2D eigenvalue weighted by atomic mass is 10.1. The van der Waals surface area contributed by atoms with Gasteiger partial charge in [-0.15, -0.1) is 0 Å². The number of esters is 1. The van der Waals surface area contributed by atoms with Crippen molar-refractivity contribution in [2.75, 3.05) is 45.2 Å². The molecule has 152 valence electrons. The number of piperazine rings is 1. The number of nitrogens with zero attached hydrogens (tertiary/aromatic N) is 2. The van der Waals surface area contributed by atoms with Crippen molar-refractivity contribution in [2.24, 2.45) is 0 Å². The molecule has 0 aromatic heterocycles. The maximum atomic E-state index is 12.9. The van der Waals surface area contributed by atoms with Gasteiger partial charge in [0.1, 0.15) is 5.82 Å². The van der Waals surface area contributed by atoms with Crippen LogP contribution < -0.4 is 5.32 Å². The summed E-state index contributed by atoms with van der Waals surface area (Å²) in [6, 6.07) is 11.9. The van der Waals surface area contributed by atoms with Gasteiger partial charge in [0.2, 0.25) is 5.91 Å². The average molecular weight is 399 g/mol. The fourth-order valence-electron chi connectivity index (χ4n) is 3.10. The maximum absolute atomic E-state index is 12.9. The first kappa shape index (κ1) is 20.5. The van der Waals surface area contributed by atoms with Gasteiger partial charge in [-0.3, -0.25) is 14.5 Å². The molecule has 8 heteroatoms. The molecule has 1 saturated heterocycles. The van der Waals surface area contributed by atoms with Crippen LogP contribution in [0.25, 0.3) is 0 Å². The predicted octanol–water partition coefficient (Wildman–Crippen LogP) is 2.01. The number of methoxy groups -OCH3 is 1. The molecule has 0 atom stereocenters. The van der Waals surface area contributed by atoms with Crippen LogP contribution in [0.5, 0.6) is 0 Å². The lowest BCUT2D eigenvalue weighted by molar-refractivity contribution is -0.117. The molecule has 0 spiro atoms. The zero-order chi connectivity index (χ0) is 20.8. The van der Waals surface area contributed by atoms with Crippen molar-refractivity contribution in [3.05, 3.63) is 65.5 Å². The third-order valence-electron chi connectivity index (χ3n) is 4.71. The van der Waals surface area contributed by atoms with Gasteiger partial charge >= 0.3 is 5.97 Å². The number of carbonyl (C=O) groups is 3. The number of rotatable bonds is 5. The number of anilines is 1. The molecule has 7 nitrogen and oxygen atoms in total. The van der Waals surface area contributed by atoms with E-state index in [1.165, 1.54) is 31.4 Å². The van der Waals surface area contributed by atoms with Crippen LogP contribution in [0.2, 0.25) is 0 Å². The Hall–Kier alpha value is -3.26. The molecule has 0 unspecified atom stereocenters. The fraction of sp³-hybridized carbons (Fsp3) is 0.286. The van der Waals surface area contributed by atoms with E-state index in [9.17, 15) is 18.8 Å². The van der Waals surface area contributed by atoms with Crippen LogP contribution in [0.3, 0.4) is 0 Å². The van der Waals surface area contributed by atoms with Gasteiger partial charge in [0, 0.05) is 37.4 Å². The second kappa shape index (κ2) is 9.29. The molecule has 1 aliphatic rings. The minimum Gasteiger partial charge on any atom is -0.465 e. The summed E-state index contributed by atoms with van der Waals surface area (Å²) in [5.41, 5.74) is 1.43. The normalized spacial score (nSPS) is 14.3. The Labute approximate surface area is 168 Å². The molecule has 0 radical (unpaired) electrons. The molecule has 2 aromatic carbocycles. The fourth-order valence-corrected chi connectivity index (χ4v) is 3.10. The van der Waals surface area contributed by atoms with Crippen molar-refractivity contribution >= 4 is 23.5 Å². The van der Waals surface area contributed by atoms with Crippen molar-refractivity contribution in [1.82, 2.24) is 9.80 Å². The zero-order valence-electron chi connectivity index (χ0n) is 16.1. The van der Waals surface area contributed by atoms with E-state index in [0.29, 0.717) is 43.0 Å². The van der Waals surface area contributed by atoms with Crippen LogP contribution in [0, 0.1) is 5.82 Å². The van der Waals surface area contributed by atoms with E-state index in [1.807, 2.05) is 4.90 Å². The minimum atomic E-state index is -0.448. The van der Waals surface area contributed by atoms with Crippen LogP contribution >= 0.6 is 0 Å². The number of ether oxygens (including phenoxy) is 1. The Morgan fingerprint density at radius 1 is 0.931 bits per heavy atom. The van der Waals surface area contributed by atoms with E-state index in [0.717, 1.165) is 0 Å². The van der Waals surface area contributed by atoms with E-state index < -0.39 is 5.97 Å². The topological polar surface area (TPSA) is 79.0 Å². The number of hydrogen-bond acceptors (Lipinski definition) is 5. The first-order chi connectivity index (χ1) is 14.0. The minimum absolute atomic E-state index is 0.114. The standard InChI is InChI=1S/C21H22FN3O4/c1-29-21(28)16-4-2-15(3-5-16)20(27)25-12-10-24(11-13-25)14-19(26)23-18-8-6-17(22)7-9-18/h2-9H,10-14H2,1H3,(H,23,26). The lowest BCUT2D eigenvalue weighted by Crippen LogP contribution is -2.50. The molecule has 1 aliphatic heterocycles. The monoisotopic (exact) mass is 399 g/mol. The number of hydrogen-bond donors (Lipinski definition) is 1. The van der Waals surface area contributed by atoms with Crippen molar-refractivity contribution in [2.45, 2.75) is 0 Å². The van der Waals surface area contributed by atoms with Gasteiger partial charge in [-0.25, -0.2) is 9.18 Å². The molecule has 1 N–H and O–H groups in total. The SMILES string of the molecule is COC(=O)c1ccc(C(=O)N2CCN(CC(=O)Nc3ccc(F)cc3)CC2)cc1. The molecule has 2 aromatic rings. The Morgan fingerprint density at radius 3 is 2.10 bits per heavy atom. The number of halogens is 1. The Kier molecular flexibility index (Phi) is 6.56. The molecule has 1 fully saturated rings. The Balaban J connectivity index is 1.48. The predicted molar refractivity (Wildman–Crippen MR) is 105 cm³/mol. The lowest BCUT2D eigenvalue weighted by Gasteiger charge is -2.34. The van der Waals surface area contributed by atoms with Gasteiger partial charge in [-0.2, -0.15) is 0 Å². The highest BCUT2D eigenvalue weighted by atomic mass is 19.1. The molecular weight excluding hydrogens is 377 g/mol. The molecule has 2 amide bonds. The van der Waals surface area contributed by atoms with Gasteiger partial charge in [-0.05, 0) is 48.5 Å². The molecule has 0 saturated carbocycles. The van der Waals surface area contributed by atoms with Crippen LogP contribution in [0.1, 0.15) is 20.7 Å². The third kappa shape index (κ3) is 5.39. The summed E-state index contributed by atoms with van der Waals surface area (Å²) >= 11 is 0. The second-order valence-corrected chi connectivity index (χ2v) is 6.69. The zero-order valence-corrected chi connectivity index (χ0v) is 16.1. The van der Waals surface area contributed by atoms with Crippen LogP contribution in [0.15, 0.2) is 48.5 Å². The summed E-state index contributed by atoms with van der Waals surface area (Å²) in [5.74, 6) is -1.10. The number of amides is 2. The van der Waals surface area contributed by atoms with Crippen LogP contribution in [-0.2, 0) is 9.53 Å². The van der Waals surface area contributed by atoms with Crippen LogP contribution in [-0.4, -0.2) is 67.4 Å². The summed E-state index contributed by atoms with van der Waals surface area (Å²) in [4.78, 5) is 39.9. The smallest absolute Gasteiger partial charge is 0.337 e. The van der Waals surface area contributed by atoms with Crippen molar-refractivity contribution in [1.29, 1.82) is 0 Å². The highest BCUT2D eigenvalue weighted by molar-refractivity contribution is 5.96. The first-order valence-corrected chi connectivity index (χ1v) is 9.21. The van der Waals surface area contributed by atoms with Gasteiger partial charge in [0.05, 0.1) is 19.2 Å². The van der Waals surface area contributed by atoms with Gasteiger partial charge in [0.25, 0.3) is 5.91 Å². The third-order valence-corrected chi connectivity index (χ3v) is 4.71. The van der Waals surface area contributed by atoms with E-state index in [4.69, 9.17) is 0 Å². The Bertz CT molecular complexity index is 876. The van der Waals surface area contributed by atoms with E-state index in [2.05, 4.69) is 10.1 Å². The summed E-state index contributed by atoms with van der Waals surface area (Å²) < 4.78 is 17.6. The maximum Gasteiger partial charge on any atom is 0.337 e. The summed E-state index contributed by atoms with van der Waals surface area (Å²) in [7, 11) is 1.31. The molecule has 0 aliphatic carbocycles. The van der Waals surface area contributed by atoms with Crippen molar-refractivity contribution in [3.8, 4) is 0 Å².